The summed E-state index contributed by atoms with van der Waals surface area (Å²) in [7, 11) is 0. The molecule has 0 bridgehead atoms. The first kappa shape index (κ1) is 10.9. The third-order valence-electron chi connectivity index (χ3n) is 2.21. The van der Waals surface area contributed by atoms with Crippen molar-refractivity contribution in [2.24, 2.45) is 0 Å². The smallest absolute Gasteiger partial charge is 0.264 e. The second-order valence-corrected chi connectivity index (χ2v) is 4.21. The van der Waals surface area contributed by atoms with Crippen molar-refractivity contribution in [2.75, 3.05) is 5.73 Å². The molecule has 2 rings (SSSR count). The van der Waals surface area contributed by atoms with Gasteiger partial charge in [-0.15, -0.1) is 0 Å². The minimum atomic E-state index is -0.0392. The number of aromatic nitrogens is 3. The Bertz CT molecular complexity index is 546. The minimum Gasteiger partial charge on any atom is -0.382 e. The number of hydrogen-bond donors (Lipinski definition) is 1. The van der Waals surface area contributed by atoms with Crippen molar-refractivity contribution in [3.05, 3.63) is 45.4 Å². The van der Waals surface area contributed by atoms with E-state index in [1.165, 1.54) is 0 Å². The first-order chi connectivity index (χ1) is 7.66. The summed E-state index contributed by atoms with van der Waals surface area (Å²) in [4.78, 5) is 11.7. The number of hydrogen-bond acceptors (Lipinski definition) is 3. The van der Waals surface area contributed by atoms with Crippen molar-refractivity contribution in [2.45, 2.75) is 13.1 Å². The summed E-state index contributed by atoms with van der Waals surface area (Å²) in [6.45, 7) is 1.19. The van der Waals surface area contributed by atoms with Gasteiger partial charge in [-0.3, -0.25) is 9.48 Å². The van der Waals surface area contributed by atoms with Crippen LogP contribution in [0.2, 0.25) is 0 Å². The van der Waals surface area contributed by atoms with Crippen molar-refractivity contribution in [3.63, 3.8) is 0 Å². The van der Waals surface area contributed by atoms with Crippen LogP contribution < -0.4 is 11.3 Å². The standard InChI is InChI=1S/C10H11BrN4O/c11-8-2-1-4-14(10(8)16)6-7-15-5-3-9(12)13-15/h1-5H,6-7H2,(H2,12,13). The Balaban J connectivity index is 2.11. The van der Waals surface area contributed by atoms with Crippen LogP contribution in [0.4, 0.5) is 5.82 Å². The highest BCUT2D eigenvalue weighted by molar-refractivity contribution is 9.10. The largest absolute Gasteiger partial charge is 0.382 e. The van der Waals surface area contributed by atoms with Gasteiger partial charge in [0, 0.05) is 18.9 Å². The van der Waals surface area contributed by atoms with Crippen molar-refractivity contribution in [3.8, 4) is 0 Å². The highest BCUT2D eigenvalue weighted by atomic mass is 79.9. The molecule has 0 aliphatic rings. The van der Waals surface area contributed by atoms with Crippen LogP contribution >= 0.6 is 15.9 Å². The summed E-state index contributed by atoms with van der Waals surface area (Å²) in [5.41, 5.74) is 5.45. The van der Waals surface area contributed by atoms with Crippen molar-refractivity contribution >= 4 is 21.7 Å². The summed E-state index contributed by atoms with van der Waals surface area (Å²) in [5, 5.41) is 4.05. The lowest BCUT2D eigenvalue weighted by molar-refractivity contribution is 0.524. The lowest BCUT2D eigenvalue weighted by Crippen LogP contribution is -2.22. The molecule has 0 atom stereocenters. The molecule has 0 aromatic carbocycles. The Morgan fingerprint density at radius 3 is 2.81 bits per heavy atom. The van der Waals surface area contributed by atoms with Crippen molar-refractivity contribution < 1.29 is 0 Å². The molecular weight excluding hydrogens is 272 g/mol. The van der Waals surface area contributed by atoms with Gasteiger partial charge in [-0.25, -0.2) is 0 Å². The van der Waals surface area contributed by atoms with E-state index in [0.29, 0.717) is 23.4 Å². The molecule has 16 heavy (non-hydrogen) atoms. The molecule has 0 fully saturated rings. The van der Waals surface area contributed by atoms with Crippen LogP contribution in [0, 0.1) is 0 Å². The number of pyridine rings is 1. The first-order valence-corrected chi connectivity index (χ1v) is 5.60. The van der Waals surface area contributed by atoms with E-state index in [0.717, 1.165) is 0 Å². The second-order valence-electron chi connectivity index (χ2n) is 3.36. The zero-order valence-corrected chi connectivity index (χ0v) is 10.1. The molecule has 5 nitrogen and oxygen atoms in total. The van der Waals surface area contributed by atoms with Crippen LogP contribution in [0.1, 0.15) is 0 Å². The predicted molar refractivity (Wildman–Crippen MR) is 65.0 cm³/mol. The van der Waals surface area contributed by atoms with E-state index in [4.69, 9.17) is 5.73 Å². The minimum absolute atomic E-state index is 0.0392. The average Bonchev–Trinajstić information content (AvgIpc) is 2.67. The number of nitrogen functional groups attached to an aromatic ring is 1. The van der Waals surface area contributed by atoms with Gasteiger partial charge in [0.25, 0.3) is 5.56 Å². The van der Waals surface area contributed by atoms with Gasteiger partial charge in [0.15, 0.2) is 0 Å². The lowest BCUT2D eigenvalue weighted by Gasteiger charge is -2.05. The fraction of sp³-hybridized carbons (Fsp3) is 0.200. The number of rotatable bonds is 3. The number of nitrogens with two attached hydrogens (primary N) is 1. The van der Waals surface area contributed by atoms with Gasteiger partial charge in [-0.1, -0.05) is 0 Å². The zero-order chi connectivity index (χ0) is 11.5. The summed E-state index contributed by atoms with van der Waals surface area (Å²) >= 11 is 3.20. The molecule has 0 aliphatic carbocycles. The second kappa shape index (κ2) is 4.52. The zero-order valence-electron chi connectivity index (χ0n) is 8.51. The van der Waals surface area contributed by atoms with Crippen LogP contribution in [0.15, 0.2) is 39.9 Å². The SMILES string of the molecule is Nc1ccn(CCn2cccc(Br)c2=O)n1. The van der Waals surface area contributed by atoms with E-state index in [2.05, 4.69) is 21.0 Å². The van der Waals surface area contributed by atoms with E-state index >= 15 is 0 Å². The van der Waals surface area contributed by atoms with Crippen LogP contribution in [0.25, 0.3) is 0 Å². The van der Waals surface area contributed by atoms with Crippen molar-refractivity contribution in [1.82, 2.24) is 14.3 Å². The number of nitrogens with zero attached hydrogens (tertiary/aromatic N) is 3. The molecular formula is C10H11BrN4O. The van der Waals surface area contributed by atoms with Gasteiger partial charge in [-0.2, -0.15) is 5.10 Å². The number of anilines is 1. The molecule has 0 radical (unpaired) electrons. The molecule has 0 unspecified atom stereocenters. The predicted octanol–water partition coefficient (Wildman–Crippen LogP) is 1.09. The molecule has 84 valence electrons. The third-order valence-corrected chi connectivity index (χ3v) is 2.81. The Morgan fingerprint density at radius 2 is 2.12 bits per heavy atom. The Morgan fingerprint density at radius 1 is 1.31 bits per heavy atom. The number of halogens is 1. The maximum atomic E-state index is 11.7. The van der Waals surface area contributed by atoms with Gasteiger partial charge in [0.05, 0.1) is 11.0 Å². The monoisotopic (exact) mass is 282 g/mol. The fourth-order valence-corrected chi connectivity index (χ4v) is 1.78. The Kier molecular flexibility index (Phi) is 3.09. The molecule has 0 amide bonds. The molecule has 0 saturated heterocycles. The summed E-state index contributed by atoms with van der Waals surface area (Å²) < 4.78 is 3.90. The van der Waals surface area contributed by atoms with E-state index in [9.17, 15) is 4.79 Å². The van der Waals surface area contributed by atoms with Crippen LogP contribution in [-0.2, 0) is 13.1 Å². The van der Waals surface area contributed by atoms with Crippen LogP contribution in [0.3, 0.4) is 0 Å². The molecule has 2 aromatic heterocycles. The van der Waals surface area contributed by atoms with E-state index in [-0.39, 0.29) is 5.56 Å². The highest BCUT2D eigenvalue weighted by Gasteiger charge is 2.00. The molecule has 2 heterocycles. The van der Waals surface area contributed by atoms with Gasteiger partial charge in [0.1, 0.15) is 5.82 Å². The molecule has 0 aliphatic heterocycles. The molecule has 0 spiro atoms. The average molecular weight is 283 g/mol. The Hall–Kier alpha value is -1.56. The third kappa shape index (κ3) is 2.33. The summed E-state index contributed by atoms with van der Waals surface area (Å²) in [6.07, 6.45) is 3.54. The topological polar surface area (TPSA) is 65.8 Å². The quantitative estimate of drug-likeness (QED) is 0.917. The summed E-state index contributed by atoms with van der Waals surface area (Å²) in [5.74, 6) is 0.488. The molecule has 0 saturated carbocycles. The highest BCUT2D eigenvalue weighted by Crippen LogP contribution is 2.01. The van der Waals surface area contributed by atoms with Crippen molar-refractivity contribution in [1.29, 1.82) is 0 Å². The van der Waals surface area contributed by atoms with Gasteiger partial charge < -0.3 is 10.3 Å². The van der Waals surface area contributed by atoms with E-state index in [1.807, 2.05) is 6.07 Å². The van der Waals surface area contributed by atoms with Gasteiger partial charge in [-0.05, 0) is 34.1 Å². The Labute approximate surface area is 101 Å². The van der Waals surface area contributed by atoms with Gasteiger partial charge in [0.2, 0.25) is 0 Å². The maximum absolute atomic E-state index is 11.7. The first-order valence-electron chi connectivity index (χ1n) is 4.81. The van der Waals surface area contributed by atoms with Crippen LogP contribution in [0.5, 0.6) is 0 Å². The normalized spacial score (nSPS) is 10.6. The fourth-order valence-electron chi connectivity index (χ4n) is 1.40. The summed E-state index contributed by atoms with van der Waals surface area (Å²) in [6, 6.07) is 5.28. The van der Waals surface area contributed by atoms with E-state index in [1.54, 1.807) is 33.8 Å². The van der Waals surface area contributed by atoms with E-state index < -0.39 is 0 Å². The molecule has 2 aromatic rings. The van der Waals surface area contributed by atoms with Gasteiger partial charge >= 0.3 is 0 Å². The maximum Gasteiger partial charge on any atom is 0.264 e. The lowest BCUT2D eigenvalue weighted by atomic mass is 10.4. The molecule has 6 heteroatoms. The number of aryl methyl sites for hydroxylation is 2. The molecule has 2 N–H and O–H groups in total. The van der Waals surface area contributed by atoms with Crippen LogP contribution in [-0.4, -0.2) is 14.3 Å².